The Hall–Kier alpha value is -3.82. The summed E-state index contributed by atoms with van der Waals surface area (Å²) in [4.78, 5) is 52.1. The number of hydrogen-bond donors (Lipinski definition) is 4. The Balaban J connectivity index is 1.74. The molecule has 0 aromatic heterocycles. The smallest absolute Gasteiger partial charge is 0.306 e. The lowest BCUT2D eigenvalue weighted by molar-refractivity contribution is -0.146. The molecule has 3 aliphatic carbocycles. The summed E-state index contributed by atoms with van der Waals surface area (Å²) in [6.45, 7) is 6.11. The highest BCUT2D eigenvalue weighted by atomic mass is 16.5. The number of phenolic OH excluding ortho intramolecular Hbond substituents is 1. The van der Waals surface area contributed by atoms with Gasteiger partial charge in [-0.3, -0.25) is 19.2 Å². The number of carbonyl (C=O) groups excluding carboxylic acids is 4. The van der Waals surface area contributed by atoms with Crippen LogP contribution < -0.4 is 10.6 Å². The number of nitrogens with two attached hydrogens (primary N) is 1. The van der Waals surface area contributed by atoms with Crippen molar-refractivity contribution in [2.24, 2.45) is 28.9 Å². The van der Waals surface area contributed by atoms with E-state index >= 15 is 0 Å². The SMILES string of the molecule is CN(C)c1cc(CCC(=O)OCC(C)(C)C)c(O)c2c1CC1CC3CC(=O)C(C(N)=O)=C(O)C3C(=O)C1=C2O. The number of ketones is 2. The van der Waals surface area contributed by atoms with Crippen molar-refractivity contribution >= 4 is 34.9 Å². The topological polar surface area (TPSA) is 167 Å². The molecule has 39 heavy (non-hydrogen) atoms. The van der Waals surface area contributed by atoms with Gasteiger partial charge in [0, 0.05) is 38.2 Å². The molecule has 10 heteroatoms. The van der Waals surface area contributed by atoms with Gasteiger partial charge in [-0.2, -0.15) is 0 Å². The quantitative estimate of drug-likeness (QED) is 0.313. The van der Waals surface area contributed by atoms with Crippen LogP contribution in [0.4, 0.5) is 5.69 Å². The first-order valence-electron chi connectivity index (χ1n) is 13.1. The second-order valence-corrected chi connectivity index (χ2v) is 12.1. The summed E-state index contributed by atoms with van der Waals surface area (Å²) in [6, 6.07) is 1.77. The van der Waals surface area contributed by atoms with Crippen LogP contribution in [0.3, 0.4) is 0 Å². The van der Waals surface area contributed by atoms with Gasteiger partial charge in [0.2, 0.25) is 0 Å². The molecule has 1 saturated carbocycles. The van der Waals surface area contributed by atoms with E-state index in [-0.39, 0.29) is 48.2 Å². The second kappa shape index (κ2) is 10.1. The highest BCUT2D eigenvalue weighted by Gasteiger charge is 2.51. The van der Waals surface area contributed by atoms with Gasteiger partial charge in [-0.1, -0.05) is 20.8 Å². The minimum Gasteiger partial charge on any atom is -0.511 e. The Morgan fingerprint density at radius 1 is 1.13 bits per heavy atom. The Morgan fingerprint density at radius 3 is 2.38 bits per heavy atom. The van der Waals surface area contributed by atoms with E-state index in [4.69, 9.17) is 10.5 Å². The van der Waals surface area contributed by atoms with Gasteiger partial charge >= 0.3 is 5.97 Å². The lowest BCUT2D eigenvalue weighted by Crippen LogP contribution is -2.44. The molecule has 0 aliphatic heterocycles. The van der Waals surface area contributed by atoms with Gasteiger partial charge in [0.05, 0.1) is 18.1 Å². The van der Waals surface area contributed by atoms with E-state index in [1.807, 2.05) is 39.8 Å². The number of aliphatic hydroxyl groups is 2. The third-order valence-electron chi connectivity index (χ3n) is 7.69. The van der Waals surface area contributed by atoms with Gasteiger partial charge < -0.3 is 30.7 Å². The average Bonchev–Trinajstić information content (AvgIpc) is 2.80. The molecule has 4 rings (SSSR count). The number of primary amides is 1. The second-order valence-electron chi connectivity index (χ2n) is 12.1. The Kier molecular flexibility index (Phi) is 7.27. The molecule has 0 radical (unpaired) electrons. The summed E-state index contributed by atoms with van der Waals surface area (Å²) in [5, 5.41) is 33.4. The fraction of sp³-hybridized carbons (Fsp3) is 0.517. The van der Waals surface area contributed by atoms with E-state index in [1.165, 1.54) is 0 Å². The Bertz CT molecular complexity index is 1330. The summed E-state index contributed by atoms with van der Waals surface area (Å²) < 4.78 is 5.34. The van der Waals surface area contributed by atoms with Crippen molar-refractivity contribution in [2.45, 2.75) is 52.9 Å². The van der Waals surface area contributed by atoms with E-state index < -0.39 is 58.3 Å². The number of benzene rings is 1. The van der Waals surface area contributed by atoms with Crippen molar-refractivity contribution < 1.29 is 39.2 Å². The molecule has 210 valence electrons. The van der Waals surface area contributed by atoms with E-state index in [0.717, 1.165) is 5.69 Å². The number of rotatable bonds is 6. The molecule has 3 unspecified atom stereocenters. The van der Waals surface area contributed by atoms with Gasteiger partial charge in [-0.05, 0) is 53.7 Å². The zero-order valence-electron chi connectivity index (χ0n) is 23.0. The van der Waals surface area contributed by atoms with Gasteiger partial charge in [-0.15, -0.1) is 0 Å². The van der Waals surface area contributed by atoms with Crippen LogP contribution in [0.15, 0.2) is 23.0 Å². The normalized spacial score (nSPS) is 22.7. The maximum absolute atomic E-state index is 13.7. The van der Waals surface area contributed by atoms with Gasteiger partial charge in [-0.25, -0.2) is 0 Å². The summed E-state index contributed by atoms with van der Waals surface area (Å²) >= 11 is 0. The highest BCUT2D eigenvalue weighted by molar-refractivity contribution is 6.21. The Labute approximate surface area is 227 Å². The van der Waals surface area contributed by atoms with E-state index in [2.05, 4.69) is 0 Å². The van der Waals surface area contributed by atoms with Crippen molar-refractivity contribution in [1.29, 1.82) is 0 Å². The fourth-order valence-corrected chi connectivity index (χ4v) is 5.94. The molecule has 1 fully saturated rings. The number of aryl methyl sites for hydroxylation is 1. The van der Waals surface area contributed by atoms with Gasteiger partial charge in [0.15, 0.2) is 11.6 Å². The molecule has 0 saturated heterocycles. The van der Waals surface area contributed by atoms with Crippen molar-refractivity contribution in [3.8, 4) is 5.75 Å². The number of anilines is 1. The van der Waals surface area contributed by atoms with E-state index in [0.29, 0.717) is 24.0 Å². The molecule has 0 bridgehead atoms. The Morgan fingerprint density at radius 2 is 1.79 bits per heavy atom. The number of carbonyl (C=O) groups is 4. The van der Waals surface area contributed by atoms with Gasteiger partial charge in [0.25, 0.3) is 5.91 Å². The van der Waals surface area contributed by atoms with Crippen molar-refractivity contribution in [1.82, 2.24) is 0 Å². The van der Waals surface area contributed by atoms with Crippen LogP contribution in [0.25, 0.3) is 5.76 Å². The maximum Gasteiger partial charge on any atom is 0.306 e. The molecular formula is C29H36N2O8. The number of hydrogen-bond acceptors (Lipinski definition) is 9. The van der Waals surface area contributed by atoms with Crippen LogP contribution in [-0.4, -0.2) is 59.5 Å². The fourth-order valence-electron chi connectivity index (χ4n) is 5.94. The summed E-state index contributed by atoms with van der Waals surface area (Å²) in [7, 11) is 3.64. The molecule has 0 spiro atoms. The average molecular weight is 541 g/mol. The van der Waals surface area contributed by atoms with Crippen molar-refractivity contribution in [3.63, 3.8) is 0 Å². The number of fused-ring (bicyclic) bond motifs is 3. The molecule has 1 aromatic carbocycles. The molecule has 1 amide bonds. The van der Waals surface area contributed by atoms with Crippen LogP contribution >= 0.6 is 0 Å². The number of aromatic hydroxyl groups is 1. The number of ether oxygens (including phenoxy) is 1. The number of aliphatic hydroxyl groups excluding tert-OH is 2. The zero-order chi connectivity index (χ0) is 29.0. The lowest BCUT2D eigenvalue weighted by Gasteiger charge is -2.41. The molecule has 3 aliphatic rings. The van der Waals surface area contributed by atoms with E-state index in [9.17, 15) is 34.5 Å². The van der Waals surface area contributed by atoms with Crippen LogP contribution in [0.2, 0.25) is 0 Å². The van der Waals surface area contributed by atoms with Crippen LogP contribution in [-0.2, 0) is 36.8 Å². The number of amides is 1. The molecule has 5 N–H and O–H groups in total. The highest BCUT2D eigenvalue weighted by Crippen LogP contribution is 2.52. The van der Waals surface area contributed by atoms with Crippen LogP contribution in [0.1, 0.15) is 56.7 Å². The lowest BCUT2D eigenvalue weighted by atomic mass is 9.61. The predicted molar refractivity (Wildman–Crippen MR) is 143 cm³/mol. The summed E-state index contributed by atoms with van der Waals surface area (Å²) in [6.07, 6.45) is 0.708. The molecule has 10 nitrogen and oxygen atoms in total. The number of nitrogens with zero attached hydrogens (tertiary/aromatic N) is 1. The van der Waals surface area contributed by atoms with Crippen LogP contribution in [0, 0.1) is 23.2 Å². The summed E-state index contributed by atoms with van der Waals surface area (Å²) in [5.74, 6) is -6.13. The molecular weight excluding hydrogens is 504 g/mol. The van der Waals surface area contributed by atoms with Crippen LogP contribution in [0.5, 0.6) is 5.75 Å². The van der Waals surface area contributed by atoms with Gasteiger partial charge in [0.1, 0.15) is 22.8 Å². The summed E-state index contributed by atoms with van der Waals surface area (Å²) in [5.41, 5.74) is 6.48. The predicted octanol–water partition coefficient (Wildman–Crippen LogP) is 2.90. The largest absolute Gasteiger partial charge is 0.511 e. The standard InChI is InChI=1S/C29H36N2O8/c1-29(2,3)12-39-19(33)7-6-13-10-17(31(4)5)16-9-14-8-15-11-18(32)23(28(30)38)27(37)21(15)25(35)20(14)26(36)22(16)24(13)34/h10,14-15,21,34,36-37H,6-9,11-12H2,1-5H3,(H2,30,38). The first kappa shape index (κ1) is 28.2. The van der Waals surface area contributed by atoms with Crippen molar-refractivity contribution in [2.75, 3.05) is 25.6 Å². The first-order valence-corrected chi connectivity index (χ1v) is 13.1. The minimum atomic E-state index is -1.17. The molecule has 0 heterocycles. The third kappa shape index (κ3) is 5.12. The molecule has 3 atom stereocenters. The minimum absolute atomic E-state index is 0.0144. The zero-order valence-corrected chi connectivity index (χ0v) is 23.0. The number of phenols is 1. The number of esters is 1. The monoisotopic (exact) mass is 540 g/mol. The molecule has 1 aromatic rings. The van der Waals surface area contributed by atoms with Crippen molar-refractivity contribution in [3.05, 3.63) is 39.7 Å². The number of allylic oxidation sites excluding steroid dienone is 2. The third-order valence-corrected chi connectivity index (χ3v) is 7.69. The number of Topliss-reactive ketones (excluding diaryl/α,β-unsaturated/α-hetero) is 2. The maximum atomic E-state index is 13.7. The first-order chi connectivity index (χ1) is 18.1. The van der Waals surface area contributed by atoms with E-state index in [1.54, 1.807) is 6.07 Å².